The molecule has 0 fully saturated rings. The first kappa shape index (κ1) is 18.9. The number of carbonyl (C=O) groups excluding carboxylic acids is 1. The normalized spacial score (nSPS) is 9.54. The van der Waals surface area contributed by atoms with Gasteiger partial charge in [-0.25, -0.2) is 9.59 Å². The molecule has 0 unspecified atom stereocenters. The Bertz CT molecular complexity index is 652. The fourth-order valence-electron chi connectivity index (χ4n) is 1.55. The third-order valence-electron chi connectivity index (χ3n) is 2.68. The maximum atomic E-state index is 11.6. The number of hydrogen-bond acceptors (Lipinski definition) is 5. The molecule has 2 aromatic rings. The van der Waals surface area contributed by atoms with E-state index in [4.69, 9.17) is 24.2 Å². The van der Waals surface area contributed by atoms with Crippen LogP contribution in [0.4, 0.5) is 5.69 Å². The first-order chi connectivity index (χ1) is 11.4. The number of aliphatic carboxylic acids is 2. The van der Waals surface area contributed by atoms with E-state index in [1.807, 2.05) is 43.3 Å². The summed E-state index contributed by atoms with van der Waals surface area (Å²) in [5, 5.41) is 20.6. The van der Waals surface area contributed by atoms with Crippen molar-refractivity contribution in [1.82, 2.24) is 5.32 Å². The predicted molar refractivity (Wildman–Crippen MR) is 85.5 cm³/mol. The van der Waals surface area contributed by atoms with Crippen molar-refractivity contribution in [2.24, 2.45) is 0 Å². The van der Waals surface area contributed by atoms with Crippen molar-refractivity contribution in [2.45, 2.75) is 13.5 Å². The largest absolute Gasteiger partial charge is 0.473 e. The molecule has 1 aromatic heterocycles. The molecular formula is C16H18N2O6. The van der Waals surface area contributed by atoms with E-state index in [0.29, 0.717) is 6.54 Å². The lowest BCUT2D eigenvalue weighted by Crippen LogP contribution is -2.27. The van der Waals surface area contributed by atoms with Crippen molar-refractivity contribution in [1.29, 1.82) is 0 Å². The summed E-state index contributed by atoms with van der Waals surface area (Å²) < 4.78 is 5.15. The second kappa shape index (κ2) is 9.80. The fourth-order valence-corrected chi connectivity index (χ4v) is 1.55. The highest BCUT2D eigenvalue weighted by Crippen LogP contribution is 2.08. The maximum absolute atomic E-state index is 11.6. The summed E-state index contributed by atoms with van der Waals surface area (Å²) in [7, 11) is 0. The molecule has 24 heavy (non-hydrogen) atoms. The molecule has 1 aromatic carbocycles. The zero-order chi connectivity index (χ0) is 17.9. The van der Waals surface area contributed by atoms with Crippen LogP contribution in [0.5, 0.6) is 0 Å². The van der Waals surface area contributed by atoms with E-state index in [0.717, 1.165) is 11.4 Å². The Morgan fingerprint density at radius 3 is 2.17 bits per heavy atom. The lowest BCUT2D eigenvalue weighted by Gasteiger charge is -2.06. The van der Waals surface area contributed by atoms with E-state index in [-0.39, 0.29) is 12.5 Å². The Kier molecular flexibility index (Phi) is 7.72. The molecule has 0 aliphatic carbocycles. The Morgan fingerprint density at radius 1 is 1.04 bits per heavy atom. The van der Waals surface area contributed by atoms with Gasteiger partial charge in [-0.15, -0.1) is 0 Å². The van der Waals surface area contributed by atoms with Gasteiger partial charge in [-0.05, 0) is 31.2 Å². The van der Waals surface area contributed by atoms with Gasteiger partial charge >= 0.3 is 11.9 Å². The zero-order valence-electron chi connectivity index (χ0n) is 13.0. The molecule has 0 radical (unpaired) electrons. The van der Waals surface area contributed by atoms with E-state index in [1.54, 1.807) is 6.26 Å². The van der Waals surface area contributed by atoms with Crippen molar-refractivity contribution < 1.29 is 29.0 Å². The number of anilines is 1. The number of carbonyl (C=O) groups is 3. The number of rotatable bonds is 5. The van der Waals surface area contributed by atoms with Crippen molar-refractivity contribution in [3.05, 3.63) is 54.0 Å². The van der Waals surface area contributed by atoms with Gasteiger partial charge in [-0.2, -0.15) is 0 Å². The minimum absolute atomic E-state index is 0.0644. The van der Waals surface area contributed by atoms with Crippen LogP contribution in [-0.4, -0.2) is 34.6 Å². The molecule has 0 bridgehead atoms. The second-order valence-corrected chi connectivity index (χ2v) is 4.71. The monoisotopic (exact) mass is 334 g/mol. The van der Waals surface area contributed by atoms with Crippen LogP contribution in [0, 0.1) is 6.92 Å². The van der Waals surface area contributed by atoms with Gasteiger partial charge in [0.2, 0.25) is 5.91 Å². The molecule has 2 rings (SSSR count). The molecule has 0 saturated heterocycles. The Morgan fingerprint density at radius 2 is 1.67 bits per heavy atom. The predicted octanol–water partition coefficient (Wildman–Crippen LogP) is 1.47. The van der Waals surface area contributed by atoms with Crippen LogP contribution >= 0.6 is 0 Å². The zero-order valence-corrected chi connectivity index (χ0v) is 13.0. The first-order valence-corrected chi connectivity index (χ1v) is 6.94. The van der Waals surface area contributed by atoms with Gasteiger partial charge in [0, 0.05) is 5.69 Å². The quantitative estimate of drug-likeness (QED) is 0.609. The third-order valence-corrected chi connectivity index (χ3v) is 2.68. The summed E-state index contributed by atoms with van der Waals surface area (Å²) in [6, 6.07) is 11.4. The Balaban J connectivity index is 0.000000413. The summed E-state index contributed by atoms with van der Waals surface area (Å²) in [4.78, 5) is 29.8. The van der Waals surface area contributed by atoms with Crippen LogP contribution in [0.3, 0.4) is 0 Å². The van der Waals surface area contributed by atoms with Crippen LogP contribution in [0.1, 0.15) is 11.3 Å². The molecule has 1 amide bonds. The summed E-state index contributed by atoms with van der Waals surface area (Å²) in [6.07, 6.45) is 1.61. The van der Waals surface area contributed by atoms with E-state index in [1.165, 1.54) is 5.56 Å². The highest BCUT2D eigenvalue weighted by atomic mass is 16.4. The van der Waals surface area contributed by atoms with E-state index in [9.17, 15) is 4.79 Å². The highest BCUT2D eigenvalue weighted by molar-refractivity contribution is 6.27. The molecule has 8 nitrogen and oxygen atoms in total. The number of hydrogen-bond donors (Lipinski definition) is 4. The van der Waals surface area contributed by atoms with Gasteiger partial charge in [-0.1, -0.05) is 17.7 Å². The highest BCUT2D eigenvalue weighted by Gasteiger charge is 2.04. The first-order valence-electron chi connectivity index (χ1n) is 6.94. The fraction of sp³-hybridized carbons (Fsp3) is 0.188. The summed E-state index contributed by atoms with van der Waals surface area (Å²) in [6.45, 7) is 2.82. The minimum Gasteiger partial charge on any atom is -0.473 e. The average Bonchev–Trinajstić information content (AvgIpc) is 3.03. The average molecular weight is 334 g/mol. The number of furan rings is 1. The molecule has 0 aliphatic rings. The Hall–Kier alpha value is -3.13. The number of amides is 1. The molecule has 4 N–H and O–H groups in total. The number of nitrogens with one attached hydrogen (secondary N) is 2. The molecule has 0 atom stereocenters. The molecule has 0 aliphatic heterocycles. The van der Waals surface area contributed by atoms with Gasteiger partial charge in [0.25, 0.3) is 0 Å². The molecular weight excluding hydrogens is 316 g/mol. The number of benzene rings is 1. The lowest BCUT2D eigenvalue weighted by atomic mass is 10.2. The van der Waals surface area contributed by atoms with Gasteiger partial charge in [0.1, 0.15) is 5.76 Å². The van der Waals surface area contributed by atoms with Gasteiger partial charge in [0.15, 0.2) is 0 Å². The van der Waals surface area contributed by atoms with E-state index >= 15 is 0 Å². The molecule has 1 heterocycles. The molecule has 0 saturated carbocycles. The summed E-state index contributed by atoms with van der Waals surface area (Å²) in [5.74, 6) is -2.89. The SMILES string of the molecule is Cc1ccc(NC(=O)CNCc2ccco2)cc1.O=C(O)C(=O)O. The van der Waals surface area contributed by atoms with Crippen molar-refractivity contribution >= 4 is 23.5 Å². The topological polar surface area (TPSA) is 129 Å². The lowest BCUT2D eigenvalue weighted by molar-refractivity contribution is -0.159. The smallest absolute Gasteiger partial charge is 0.414 e. The maximum Gasteiger partial charge on any atom is 0.414 e. The van der Waals surface area contributed by atoms with Crippen LogP contribution in [0.2, 0.25) is 0 Å². The van der Waals surface area contributed by atoms with Gasteiger partial charge < -0.3 is 25.3 Å². The standard InChI is InChI=1S/C14H16N2O2.C2H2O4/c1-11-4-6-12(7-5-11)16-14(17)10-15-9-13-3-2-8-18-13;3-1(4)2(5)6/h2-8,15H,9-10H2,1H3,(H,16,17);(H,3,4)(H,5,6). The van der Waals surface area contributed by atoms with Crippen molar-refractivity contribution in [2.75, 3.05) is 11.9 Å². The second-order valence-electron chi connectivity index (χ2n) is 4.71. The van der Waals surface area contributed by atoms with Crippen molar-refractivity contribution in [3.63, 3.8) is 0 Å². The van der Waals surface area contributed by atoms with Crippen LogP contribution < -0.4 is 10.6 Å². The summed E-state index contributed by atoms with van der Waals surface area (Å²) in [5.41, 5.74) is 1.98. The third kappa shape index (κ3) is 7.76. The molecule has 8 heteroatoms. The van der Waals surface area contributed by atoms with Crippen LogP contribution in [-0.2, 0) is 20.9 Å². The number of carboxylic acids is 2. The number of carboxylic acid groups (broad SMARTS) is 2. The summed E-state index contributed by atoms with van der Waals surface area (Å²) >= 11 is 0. The van der Waals surface area contributed by atoms with E-state index in [2.05, 4.69) is 10.6 Å². The van der Waals surface area contributed by atoms with Crippen LogP contribution in [0.15, 0.2) is 47.1 Å². The van der Waals surface area contributed by atoms with Crippen LogP contribution in [0.25, 0.3) is 0 Å². The van der Waals surface area contributed by atoms with Gasteiger partial charge in [-0.3, -0.25) is 4.79 Å². The molecule has 128 valence electrons. The van der Waals surface area contributed by atoms with Crippen molar-refractivity contribution in [3.8, 4) is 0 Å². The Labute approximate surface area is 138 Å². The van der Waals surface area contributed by atoms with E-state index < -0.39 is 11.9 Å². The van der Waals surface area contributed by atoms with Gasteiger partial charge in [0.05, 0.1) is 19.4 Å². The number of aryl methyl sites for hydroxylation is 1. The molecule has 0 spiro atoms. The minimum atomic E-state index is -1.82.